The number of aryl methyl sites for hydroxylation is 1. The average Bonchev–Trinajstić information content (AvgIpc) is 2.85. The van der Waals surface area contributed by atoms with Crippen LogP contribution in [-0.4, -0.2) is 40.1 Å². The molecule has 1 aliphatic rings. The summed E-state index contributed by atoms with van der Waals surface area (Å²) in [5.41, 5.74) is 2.29. The van der Waals surface area contributed by atoms with Crippen molar-refractivity contribution < 1.29 is 0 Å². The van der Waals surface area contributed by atoms with E-state index in [-0.39, 0.29) is 6.04 Å². The van der Waals surface area contributed by atoms with Gasteiger partial charge in [-0.1, -0.05) is 19.1 Å². The summed E-state index contributed by atoms with van der Waals surface area (Å²) < 4.78 is 2.22. The molecular weight excluding hydrogens is 260 g/mol. The lowest BCUT2D eigenvalue weighted by Crippen LogP contribution is -2.46. The van der Waals surface area contributed by atoms with Crippen LogP contribution in [0.4, 0.5) is 0 Å². The largest absolute Gasteiger partial charge is 0.330 e. The van der Waals surface area contributed by atoms with Gasteiger partial charge in [0.25, 0.3) is 0 Å². The number of piperidine rings is 1. The fourth-order valence-corrected chi connectivity index (χ4v) is 3.46. The number of nitrogens with zero attached hydrogens (tertiary/aromatic N) is 3. The molecule has 114 valence electrons. The SMILES string of the molecule is CCN1CCCC(NC(C)c2nc3ccccc3n2C)C1. The summed E-state index contributed by atoms with van der Waals surface area (Å²) >= 11 is 0. The van der Waals surface area contributed by atoms with E-state index in [1.165, 1.54) is 24.9 Å². The van der Waals surface area contributed by atoms with Gasteiger partial charge in [-0.15, -0.1) is 0 Å². The van der Waals surface area contributed by atoms with Gasteiger partial charge >= 0.3 is 0 Å². The van der Waals surface area contributed by atoms with Gasteiger partial charge in [0.05, 0.1) is 17.1 Å². The first-order valence-electron chi connectivity index (χ1n) is 8.08. The number of rotatable bonds is 4. The number of nitrogens with one attached hydrogen (secondary N) is 1. The van der Waals surface area contributed by atoms with E-state index in [1.54, 1.807) is 0 Å². The van der Waals surface area contributed by atoms with Crippen molar-refractivity contribution in [1.82, 2.24) is 19.8 Å². The molecule has 2 unspecified atom stereocenters. The number of aromatic nitrogens is 2. The highest BCUT2D eigenvalue weighted by Crippen LogP contribution is 2.21. The molecule has 4 nitrogen and oxygen atoms in total. The van der Waals surface area contributed by atoms with E-state index < -0.39 is 0 Å². The van der Waals surface area contributed by atoms with Gasteiger partial charge in [-0.3, -0.25) is 0 Å². The highest BCUT2D eigenvalue weighted by molar-refractivity contribution is 5.75. The molecule has 2 atom stereocenters. The summed E-state index contributed by atoms with van der Waals surface area (Å²) in [5, 5.41) is 3.78. The first-order valence-corrected chi connectivity index (χ1v) is 8.08. The minimum Gasteiger partial charge on any atom is -0.330 e. The maximum atomic E-state index is 4.80. The third-order valence-electron chi connectivity index (χ3n) is 4.65. The second-order valence-electron chi connectivity index (χ2n) is 6.14. The summed E-state index contributed by atoms with van der Waals surface area (Å²) in [6, 6.07) is 9.21. The predicted molar refractivity (Wildman–Crippen MR) is 87.4 cm³/mol. The molecule has 0 radical (unpaired) electrons. The maximum absolute atomic E-state index is 4.80. The molecular formula is C17H26N4. The van der Waals surface area contributed by atoms with E-state index in [1.807, 2.05) is 0 Å². The van der Waals surface area contributed by atoms with E-state index in [4.69, 9.17) is 4.98 Å². The van der Waals surface area contributed by atoms with Crippen molar-refractivity contribution >= 4 is 11.0 Å². The van der Waals surface area contributed by atoms with Crippen molar-refractivity contribution in [2.24, 2.45) is 7.05 Å². The van der Waals surface area contributed by atoms with Crippen molar-refractivity contribution in [3.05, 3.63) is 30.1 Å². The highest BCUT2D eigenvalue weighted by atomic mass is 15.2. The smallest absolute Gasteiger partial charge is 0.126 e. The Hall–Kier alpha value is -1.39. The van der Waals surface area contributed by atoms with E-state index >= 15 is 0 Å². The van der Waals surface area contributed by atoms with Crippen LogP contribution >= 0.6 is 0 Å². The van der Waals surface area contributed by atoms with Gasteiger partial charge in [-0.25, -0.2) is 4.98 Å². The summed E-state index contributed by atoms with van der Waals surface area (Å²) in [7, 11) is 2.11. The van der Waals surface area contributed by atoms with E-state index in [0.717, 1.165) is 24.4 Å². The lowest BCUT2D eigenvalue weighted by molar-refractivity contribution is 0.191. The number of imidazole rings is 1. The van der Waals surface area contributed by atoms with Gasteiger partial charge in [0.1, 0.15) is 5.82 Å². The Balaban J connectivity index is 1.74. The minimum absolute atomic E-state index is 0.282. The van der Waals surface area contributed by atoms with Crippen LogP contribution in [0.5, 0.6) is 0 Å². The van der Waals surface area contributed by atoms with E-state index in [9.17, 15) is 0 Å². The van der Waals surface area contributed by atoms with Crippen LogP contribution in [0, 0.1) is 0 Å². The Bertz CT molecular complexity index is 604. The third kappa shape index (κ3) is 2.97. The van der Waals surface area contributed by atoms with Crippen LogP contribution in [0.1, 0.15) is 38.6 Å². The van der Waals surface area contributed by atoms with Gasteiger partial charge in [0.2, 0.25) is 0 Å². The summed E-state index contributed by atoms with van der Waals surface area (Å²) in [6.45, 7) is 8.03. The van der Waals surface area contributed by atoms with Gasteiger partial charge in [-0.2, -0.15) is 0 Å². The van der Waals surface area contributed by atoms with Crippen molar-refractivity contribution in [3.8, 4) is 0 Å². The van der Waals surface area contributed by atoms with Crippen molar-refractivity contribution in [3.63, 3.8) is 0 Å². The van der Waals surface area contributed by atoms with Gasteiger partial charge in [0, 0.05) is 19.6 Å². The molecule has 1 N–H and O–H groups in total. The Morgan fingerprint density at radius 1 is 1.38 bits per heavy atom. The average molecular weight is 286 g/mol. The number of benzene rings is 1. The molecule has 21 heavy (non-hydrogen) atoms. The van der Waals surface area contributed by atoms with Crippen LogP contribution < -0.4 is 5.32 Å². The molecule has 2 aromatic rings. The monoisotopic (exact) mass is 286 g/mol. The lowest BCUT2D eigenvalue weighted by Gasteiger charge is -2.34. The molecule has 1 fully saturated rings. The molecule has 2 heterocycles. The Morgan fingerprint density at radius 3 is 2.95 bits per heavy atom. The first-order chi connectivity index (χ1) is 10.2. The molecule has 1 saturated heterocycles. The third-order valence-corrected chi connectivity index (χ3v) is 4.65. The van der Waals surface area contributed by atoms with Gasteiger partial charge in [-0.05, 0) is 45.0 Å². The molecule has 0 bridgehead atoms. The topological polar surface area (TPSA) is 33.1 Å². The Morgan fingerprint density at radius 2 is 2.19 bits per heavy atom. The van der Waals surface area contributed by atoms with Gasteiger partial charge < -0.3 is 14.8 Å². The predicted octanol–water partition coefficient (Wildman–Crippen LogP) is 2.71. The number of hydrogen-bond donors (Lipinski definition) is 1. The lowest BCUT2D eigenvalue weighted by atomic mass is 10.0. The zero-order valence-corrected chi connectivity index (χ0v) is 13.3. The van der Waals surface area contributed by atoms with Gasteiger partial charge in [0.15, 0.2) is 0 Å². The second kappa shape index (κ2) is 6.16. The van der Waals surface area contributed by atoms with Crippen LogP contribution in [0.3, 0.4) is 0 Å². The van der Waals surface area contributed by atoms with Crippen molar-refractivity contribution in [2.45, 2.75) is 38.8 Å². The number of para-hydroxylation sites is 2. The Labute approximate surface area is 127 Å². The highest BCUT2D eigenvalue weighted by Gasteiger charge is 2.22. The molecule has 4 heteroatoms. The summed E-state index contributed by atoms with van der Waals surface area (Å²) in [5.74, 6) is 1.13. The number of likely N-dealkylation sites (N-methyl/N-ethyl adjacent to an activating group) is 1. The molecule has 1 aromatic carbocycles. The van der Waals surface area contributed by atoms with Crippen molar-refractivity contribution in [2.75, 3.05) is 19.6 Å². The number of likely N-dealkylation sites (tertiary alicyclic amines) is 1. The maximum Gasteiger partial charge on any atom is 0.126 e. The van der Waals surface area contributed by atoms with E-state index in [0.29, 0.717) is 6.04 Å². The van der Waals surface area contributed by atoms with Crippen molar-refractivity contribution in [1.29, 1.82) is 0 Å². The molecule has 0 saturated carbocycles. The summed E-state index contributed by atoms with van der Waals surface area (Å²) in [6.07, 6.45) is 2.56. The molecule has 0 amide bonds. The Kier molecular flexibility index (Phi) is 4.27. The van der Waals surface area contributed by atoms with Crippen LogP contribution in [0.25, 0.3) is 11.0 Å². The zero-order valence-electron chi connectivity index (χ0n) is 13.3. The van der Waals surface area contributed by atoms with Crippen LogP contribution in [0.15, 0.2) is 24.3 Å². The number of fused-ring (bicyclic) bond motifs is 1. The summed E-state index contributed by atoms with van der Waals surface area (Å²) in [4.78, 5) is 7.33. The normalized spacial score (nSPS) is 21.8. The standard InChI is InChI=1S/C17H26N4/c1-4-21-11-7-8-14(12-21)18-13(2)17-19-15-9-5-6-10-16(15)20(17)3/h5-6,9-10,13-14,18H,4,7-8,11-12H2,1-3H3. The molecule has 3 rings (SSSR count). The van der Waals surface area contributed by atoms with Crippen LogP contribution in [0.2, 0.25) is 0 Å². The fourth-order valence-electron chi connectivity index (χ4n) is 3.46. The molecule has 1 aliphatic heterocycles. The number of hydrogen-bond acceptors (Lipinski definition) is 3. The molecule has 1 aromatic heterocycles. The van der Waals surface area contributed by atoms with Crippen LogP contribution in [-0.2, 0) is 7.05 Å². The zero-order chi connectivity index (χ0) is 14.8. The quantitative estimate of drug-likeness (QED) is 0.938. The second-order valence-corrected chi connectivity index (χ2v) is 6.14. The van der Waals surface area contributed by atoms with E-state index in [2.05, 4.69) is 59.9 Å². The first kappa shape index (κ1) is 14.5. The molecule has 0 aliphatic carbocycles. The molecule has 0 spiro atoms. The minimum atomic E-state index is 0.282. The fraction of sp³-hybridized carbons (Fsp3) is 0.588.